The minimum atomic E-state index is -0.813. The molecule has 0 aliphatic carbocycles. The fourth-order valence-corrected chi connectivity index (χ4v) is 5.30. The highest BCUT2D eigenvalue weighted by atomic mass is 35.5. The molecule has 1 aliphatic rings. The van der Waals surface area contributed by atoms with Gasteiger partial charge in [-0.25, -0.2) is 9.18 Å². The Morgan fingerprint density at radius 2 is 1.51 bits per heavy atom. The van der Waals surface area contributed by atoms with Crippen molar-refractivity contribution in [3.05, 3.63) is 109 Å². The Labute approximate surface area is 247 Å². The van der Waals surface area contributed by atoms with E-state index in [1.54, 1.807) is 42.5 Å². The first kappa shape index (κ1) is 29.1. The first-order valence-electron chi connectivity index (χ1n) is 13.2. The van der Waals surface area contributed by atoms with E-state index in [0.717, 1.165) is 18.7 Å². The summed E-state index contributed by atoms with van der Waals surface area (Å²) in [7, 11) is 3.52. The normalized spacial score (nSPS) is 14.0. The maximum absolute atomic E-state index is 15.6. The van der Waals surface area contributed by atoms with E-state index in [2.05, 4.69) is 4.90 Å². The third-order valence-electron chi connectivity index (χ3n) is 7.31. The van der Waals surface area contributed by atoms with Crippen LogP contribution < -0.4 is 10.3 Å². The van der Waals surface area contributed by atoms with Crippen molar-refractivity contribution < 1.29 is 18.7 Å². The van der Waals surface area contributed by atoms with E-state index in [-0.39, 0.29) is 30.7 Å². The van der Waals surface area contributed by atoms with Gasteiger partial charge in [0.2, 0.25) is 5.43 Å². The lowest BCUT2D eigenvalue weighted by atomic mass is 10.0. The van der Waals surface area contributed by atoms with E-state index >= 15 is 4.39 Å². The molecule has 0 amide bonds. The second-order valence-electron chi connectivity index (χ2n) is 10.1. The van der Waals surface area contributed by atoms with Crippen LogP contribution in [0, 0.1) is 5.82 Å². The molecule has 0 saturated carbocycles. The number of aromatic nitrogens is 1. The van der Waals surface area contributed by atoms with Crippen molar-refractivity contribution in [3.8, 4) is 0 Å². The SMILES string of the molecule is COCc1c(C(=O)OCc2ccc(Cl)cc2)c(=O)c2cc(F)c(N3CCN(C)CC3)cc2n1Cc1ccc(Cl)cc1. The Bertz CT molecular complexity index is 1620. The number of esters is 1. The topological polar surface area (TPSA) is 64.0 Å². The van der Waals surface area contributed by atoms with Gasteiger partial charge in [-0.3, -0.25) is 4.79 Å². The van der Waals surface area contributed by atoms with Gasteiger partial charge in [-0.1, -0.05) is 47.5 Å². The number of likely N-dealkylation sites (N-methyl/N-ethyl adjacent to an activating group) is 1. The number of methoxy groups -OCH3 is 1. The summed E-state index contributed by atoms with van der Waals surface area (Å²) in [4.78, 5) is 31.5. The maximum Gasteiger partial charge on any atom is 0.344 e. The number of carbonyl (C=O) groups excluding carboxylic acids is 1. The molecule has 5 rings (SSSR count). The molecule has 3 aromatic carbocycles. The largest absolute Gasteiger partial charge is 0.457 e. The summed E-state index contributed by atoms with van der Waals surface area (Å²) in [6.45, 7) is 3.09. The van der Waals surface area contributed by atoms with E-state index in [1.165, 1.54) is 13.2 Å². The molecule has 7 nitrogen and oxygen atoms in total. The van der Waals surface area contributed by atoms with Crippen LogP contribution in [0.25, 0.3) is 10.9 Å². The molecule has 0 bridgehead atoms. The summed E-state index contributed by atoms with van der Waals surface area (Å²) < 4.78 is 28.5. The maximum atomic E-state index is 15.6. The Morgan fingerprint density at radius 3 is 2.12 bits per heavy atom. The molecule has 0 N–H and O–H groups in total. The minimum absolute atomic E-state index is 0.0363. The molecule has 0 atom stereocenters. The van der Waals surface area contributed by atoms with Crippen LogP contribution in [-0.4, -0.2) is 55.8 Å². The van der Waals surface area contributed by atoms with E-state index in [4.69, 9.17) is 32.7 Å². The standard InChI is InChI=1S/C31H30Cl2FN3O4/c1-35-11-13-36(14-12-35)27-16-26-24(15-25(27)34)30(38)29(31(39)41-18-21-5-9-23(33)10-6-21)28(19-40-2)37(26)17-20-3-7-22(32)8-4-20/h3-10,15-16H,11-14,17-19H2,1-2H3. The van der Waals surface area contributed by atoms with Crippen molar-refractivity contribution >= 4 is 45.8 Å². The molecule has 0 unspecified atom stereocenters. The number of benzene rings is 3. The molecule has 0 spiro atoms. The van der Waals surface area contributed by atoms with Gasteiger partial charge in [-0.2, -0.15) is 0 Å². The number of rotatable bonds is 8. The van der Waals surface area contributed by atoms with Gasteiger partial charge in [0, 0.05) is 55.3 Å². The summed E-state index contributed by atoms with van der Waals surface area (Å²) >= 11 is 12.1. The van der Waals surface area contributed by atoms with Crippen molar-refractivity contribution in [1.82, 2.24) is 9.47 Å². The van der Waals surface area contributed by atoms with Gasteiger partial charge in [0.15, 0.2) is 0 Å². The zero-order valence-corrected chi connectivity index (χ0v) is 24.3. The van der Waals surface area contributed by atoms with Crippen molar-refractivity contribution in [2.24, 2.45) is 0 Å². The van der Waals surface area contributed by atoms with Crippen LogP contribution in [0.5, 0.6) is 0 Å². The van der Waals surface area contributed by atoms with Gasteiger partial charge < -0.3 is 23.8 Å². The number of fused-ring (bicyclic) bond motifs is 1. The third kappa shape index (κ3) is 6.41. The zero-order chi connectivity index (χ0) is 29.1. The van der Waals surface area contributed by atoms with Crippen LogP contribution >= 0.6 is 23.2 Å². The lowest BCUT2D eigenvalue weighted by Gasteiger charge is -2.34. The Morgan fingerprint density at radius 1 is 0.902 bits per heavy atom. The van der Waals surface area contributed by atoms with Crippen LogP contribution in [0.15, 0.2) is 65.5 Å². The van der Waals surface area contributed by atoms with Crippen molar-refractivity contribution in [2.75, 3.05) is 45.2 Å². The summed E-state index contributed by atoms with van der Waals surface area (Å²) in [6, 6.07) is 17.1. The predicted molar refractivity (Wildman–Crippen MR) is 160 cm³/mol. The van der Waals surface area contributed by atoms with Crippen LogP contribution in [0.1, 0.15) is 27.2 Å². The predicted octanol–water partition coefficient (Wildman–Crippen LogP) is 5.75. The summed E-state index contributed by atoms with van der Waals surface area (Å²) in [5.74, 6) is -1.33. The van der Waals surface area contributed by atoms with Crippen molar-refractivity contribution in [2.45, 2.75) is 19.8 Å². The first-order chi connectivity index (χ1) is 19.7. The Hall–Kier alpha value is -3.43. The van der Waals surface area contributed by atoms with Gasteiger partial charge in [0.25, 0.3) is 0 Å². The number of hydrogen-bond donors (Lipinski definition) is 0. The second-order valence-corrected chi connectivity index (χ2v) is 11.0. The first-order valence-corrected chi connectivity index (χ1v) is 14.0. The van der Waals surface area contributed by atoms with Gasteiger partial charge in [0.05, 0.1) is 23.5 Å². The number of hydrogen-bond acceptors (Lipinski definition) is 6. The molecule has 214 valence electrons. The number of carbonyl (C=O) groups is 1. The van der Waals surface area contributed by atoms with Crippen LogP contribution in [-0.2, 0) is 29.2 Å². The molecular weight excluding hydrogens is 568 g/mol. The molecule has 41 heavy (non-hydrogen) atoms. The van der Waals surface area contributed by atoms with Crippen molar-refractivity contribution in [1.29, 1.82) is 0 Å². The molecule has 10 heteroatoms. The fourth-order valence-electron chi connectivity index (χ4n) is 5.04. The number of pyridine rings is 1. The Kier molecular flexibility index (Phi) is 8.94. The van der Waals surface area contributed by atoms with Gasteiger partial charge >= 0.3 is 5.97 Å². The van der Waals surface area contributed by atoms with Gasteiger partial charge in [-0.05, 0) is 54.6 Å². The van der Waals surface area contributed by atoms with Crippen molar-refractivity contribution in [3.63, 3.8) is 0 Å². The zero-order valence-electron chi connectivity index (χ0n) is 22.8. The second kappa shape index (κ2) is 12.6. The summed E-state index contributed by atoms with van der Waals surface area (Å²) in [6.07, 6.45) is 0. The molecular formula is C31H30Cl2FN3O4. The number of halogens is 3. The third-order valence-corrected chi connectivity index (χ3v) is 7.81. The minimum Gasteiger partial charge on any atom is -0.457 e. The summed E-state index contributed by atoms with van der Waals surface area (Å²) in [5, 5.41) is 1.23. The molecule has 1 aromatic heterocycles. The molecule has 0 radical (unpaired) electrons. The number of ether oxygens (including phenoxy) is 2. The Balaban J connectivity index is 1.65. The molecule has 1 fully saturated rings. The highest BCUT2D eigenvalue weighted by molar-refractivity contribution is 6.30. The smallest absolute Gasteiger partial charge is 0.344 e. The fraction of sp³-hybridized carbons (Fsp3) is 0.290. The molecule has 1 aliphatic heterocycles. The average Bonchev–Trinajstić information content (AvgIpc) is 2.96. The van der Waals surface area contributed by atoms with Gasteiger partial charge in [0.1, 0.15) is 18.0 Å². The highest BCUT2D eigenvalue weighted by Gasteiger charge is 2.26. The van der Waals surface area contributed by atoms with Crippen LogP contribution in [0.4, 0.5) is 10.1 Å². The van der Waals surface area contributed by atoms with E-state index in [1.807, 2.05) is 28.6 Å². The number of anilines is 1. The lowest BCUT2D eigenvalue weighted by molar-refractivity contribution is 0.0464. The quantitative estimate of drug-likeness (QED) is 0.241. The highest BCUT2D eigenvalue weighted by Crippen LogP contribution is 2.29. The lowest BCUT2D eigenvalue weighted by Crippen LogP contribution is -2.44. The molecule has 4 aromatic rings. The number of piperazine rings is 1. The van der Waals surface area contributed by atoms with E-state index in [9.17, 15) is 9.59 Å². The monoisotopic (exact) mass is 597 g/mol. The summed E-state index contributed by atoms with van der Waals surface area (Å²) in [5.41, 5.74) is 2.05. The average molecular weight is 599 g/mol. The van der Waals surface area contributed by atoms with Gasteiger partial charge in [-0.15, -0.1) is 0 Å². The molecule has 2 heterocycles. The molecule has 1 saturated heterocycles. The van der Waals surface area contributed by atoms with Crippen LogP contribution in [0.2, 0.25) is 10.0 Å². The van der Waals surface area contributed by atoms with Crippen LogP contribution in [0.3, 0.4) is 0 Å². The van der Waals surface area contributed by atoms with E-state index < -0.39 is 17.2 Å². The number of nitrogens with zero attached hydrogens (tertiary/aromatic N) is 3. The van der Waals surface area contributed by atoms with E-state index in [0.29, 0.717) is 45.6 Å².